The van der Waals surface area contributed by atoms with E-state index in [0.717, 1.165) is 61.8 Å². The summed E-state index contributed by atoms with van der Waals surface area (Å²) in [6.45, 7) is 2.17. The number of carbonyl (C=O) groups excluding carboxylic acids is 2. The number of rotatable bonds is 5. The van der Waals surface area contributed by atoms with E-state index in [1.807, 2.05) is 0 Å². The predicted molar refractivity (Wildman–Crippen MR) is 114 cm³/mol. The van der Waals surface area contributed by atoms with E-state index in [-0.39, 0.29) is 23.8 Å². The molecule has 2 aromatic rings. The van der Waals surface area contributed by atoms with Crippen LogP contribution in [0.25, 0.3) is 10.2 Å². The van der Waals surface area contributed by atoms with Crippen molar-refractivity contribution in [3.05, 3.63) is 16.8 Å². The van der Waals surface area contributed by atoms with Crippen LogP contribution in [0, 0.1) is 0 Å². The molecule has 0 spiro atoms. The molecule has 30 heavy (non-hydrogen) atoms. The molecule has 2 amide bonds. The van der Waals surface area contributed by atoms with E-state index in [9.17, 15) is 9.59 Å². The molecular weight excluding hydrogens is 402 g/mol. The zero-order valence-corrected chi connectivity index (χ0v) is 17.7. The lowest BCUT2D eigenvalue weighted by Crippen LogP contribution is -2.52. The number of piperazine rings is 1. The fourth-order valence-electron chi connectivity index (χ4n) is 5.23. The first kappa shape index (κ1) is 19.7. The van der Waals surface area contributed by atoms with Gasteiger partial charge in [-0.05, 0) is 50.0 Å². The molecule has 8 nitrogen and oxygen atoms in total. The number of ether oxygens (including phenoxy) is 1. The van der Waals surface area contributed by atoms with Crippen molar-refractivity contribution in [2.24, 2.45) is 5.73 Å². The van der Waals surface area contributed by atoms with Gasteiger partial charge in [0.15, 0.2) is 0 Å². The summed E-state index contributed by atoms with van der Waals surface area (Å²) < 4.78 is 6.40. The molecule has 3 aliphatic rings. The van der Waals surface area contributed by atoms with Gasteiger partial charge in [-0.2, -0.15) is 0 Å². The van der Waals surface area contributed by atoms with Crippen LogP contribution >= 0.6 is 11.3 Å². The predicted octanol–water partition coefficient (Wildman–Crippen LogP) is 1.72. The van der Waals surface area contributed by atoms with Crippen LogP contribution in [0.4, 0.5) is 0 Å². The lowest BCUT2D eigenvalue weighted by molar-refractivity contribution is -0.125. The molecule has 2 fully saturated rings. The van der Waals surface area contributed by atoms with Crippen molar-refractivity contribution in [1.82, 2.24) is 20.2 Å². The van der Waals surface area contributed by atoms with Gasteiger partial charge in [0.25, 0.3) is 0 Å². The van der Waals surface area contributed by atoms with Crippen LogP contribution in [0.1, 0.15) is 54.9 Å². The summed E-state index contributed by atoms with van der Waals surface area (Å²) in [7, 11) is 0. The van der Waals surface area contributed by atoms with Crippen LogP contribution in [-0.2, 0) is 16.0 Å². The molecule has 1 unspecified atom stereocenters. The Bertz CT molecular complexity index is 969. The van der Waals surface area contributed by atoms with Gasteiger partial charge in [0.2, 0.25) is 17.7 Å². The Morgan fingerprint density at radius 1 is 1.27 bits per heavy atom. The molecule has 1 saturated heterocycles. The van der Waals surface area contributed by atoms with Crippen LogP contribution in [0.2, 0.25) is 0 Å². The number of fused-ring (bicyclic) bond motifs is 3. The van der Waals surface area contributed by atoms with Gasteiger partial charge >= 0.3 is 0 Å². The molecule has 1 atom stereocenters. The Balaban J connectivity index is 1.31. The summed E-state index contributed by atoms with van der Waals surface area (Å²) >= 11 is 1.69. The number of hydrogen-bond donors (Lipinski definition) is 2. The van der Waals surface area contributed by atoms with Gasteiger partial charge in [-0.15, -0.1) is 11.3 Å². The zero-order valence-electron chi connectivity index (χ0n) is 16.9. The highest BCUT2D eigenvalue weighted by atomic mass is 32.1. The first-order chi connectivity index (χ1) is 14.6. The van der Waals surface area contributed by atoms with E-state index >= 15 is 0 Å². The molecule has 5 rings (SSSR count). The van der Waals surface area contributed by atoms with Gasteiger partial charge < -0.3 is 15.8 Å². The topological polar surface area (TPSA) is 110 Å². The SMILES string of the molecule is NC(=O)CC1CCc2sc3ncnc(OC4CCC(N5CCNC(=O)C5)CC4)c3c21. The fraction of sp³-hybridized carbons (Fsp3) is 0.619. The fourth-order valence-corrected chi connectivity index (χ4v) is 6.46. The van der Waals surface area contributed by atoms with Crippen molar-refractivity contribution in [2.45, 2.75) is 63.0 Å². The van der Waals surface area contributed by atoms with Crippen molar-refractivity contribution in [3.63, 3.8) is 0 Å². The van der Waals surface area contributed by atoms with Gasteiger partial charge in [0.05, 0.1) is 11.9 Å². The minimum absolute atomic E-state index is 0.115. The van der Waals surface area contributed by atoms with Crippen molar-refractivity contribution in [1.29, 1.82) is 0 Å². The average molecular weight is 430 g/mol. The number of nitrogens with zero attached hydrogens (tertiary/aromatic N) is 3. The van der Waals surface area contributed by atoms with Crippen LogP contribution in [0.5, 0.6) is 5.88 Å². The van der Waals surface area contributed by atoms with Crippen LogP contribution in [0.15, 0.2) is 6.33 Å². The number of carbonyl (C=O) groups is 2. The number of aryl methyl sites for hydroxylation is 1. The molecule has 1 aliphatic heterocycles. The molecular formula is C21H27N5O3S. The van der Waals surface area contributed by atoms with E-state index in [0.29, 0.717) is 24.9 Å². The number of thiophene rings is 1. The van der Waals surface area contributed by atoms with E-state index < -0.39 is 0 Å². The highest BCUT2D eigenvalue weighted by molar-refractivity contribution is 7.19. The Kier molecular flexibility index (Phi) is 5.32. The largest absolute Gasteiger partial charge is 0.474 e. The van der Waals surface area contributed by atoms with E-state index in [1.54, 1.807) is 17.7 Å². The Morgan fingerprint density at radius 3 is 2.87 bits per heavy atom. The summed E-state index contributed by atoms with van der Waals surface area (Å²) in [6.07, 6.45) is 7.91. The van der Waals surface area contributed by atoms with Gasteiger partial charge in [-0.1, -0.05) is 0 Å². The van der Waals surface area contributed by atoms with Crippen molar-refractivity contribution in [2.75, 3.05) is 19.6 Å². The first-order valence-electron chi connectivity index (χ1n) is 10.8. The van der Waals surface area contributed by atoms with Gasteiger partial charge in [0.1, 0.15) is 17.3 Å². The van der Waals surface area contributed by atoms with Gasteiger partial charge in [0, 0.05) is 30.4 Å². The second kappa shape index (κ2) is 8.11. The molecule has 2 aliphatic carbocycles. The van der Waals surface area contributed by atoms with Gasteiger partial charge in [-0.25, -0.2) is 9.97 Å². The third-order valence-corrected chi connectivity index (χ3v) is 7.82. The maximum Gasteiger partial charge on any atom is 0.234 e. The number of nitrogens with one attached hydrogen (secondary N) is 1. The van der Waals surface area contributed by atoms with Crippen molar-refractivity contribution >= 4 is 33.4 Å². The molecule has 2 aromatic heterocycles. The number of nitrogens with two attached hydrogens (primary N) is 1. The van der Waals surface area contributed by atoms with Crippen molar-refractivity contribution in [3.8, 4) is 5.88 Å². The number of amides is 2. The third kappa shape index (κ3) is 3.76. The molecule has 3 heterocycles. The Hall–Kier alpha value is -2.26. The van der Waals surface area contributed by atoms with Crippen LogP contribution in [-0.4, -0.2) is 58.5 Å². The quantitative estimate of drug-likeness (QED) is 0.749. The smallest absolute Gasteiger partial charge is 0.234 e. The molecule has 3 N–H and O–H groups in total. The van der Waals surface area contributed by atoms with E-state index in [1.165, 1.54) is 10.4 Å². The molecule has 9 heteroatoms. The molecule has 0 aromatic carbocycles. The summed E-state index contributed by atoms with van der Waals surface area (Å²) in [4.78, 5) is 36.7. The number of hydrogen-bond acceptors (Lipinski definition) is 7. The summed E-state index contributed by atoms with van der Waals surface area (Å²) in [5.74, 6) is 0.645. The molecule has 0 bridgehead atoms. The van der Waals surface area contributed by atoms with E-state index in [2.05, 4.69) is 20.2 Å². The molecule has 0 radical (unpaired) electrons. The number of primary amides is 1. The Morgan fingerprint density at radius 2 is 2.10 bits per heavy atom. The van der Waals surface area contributed by atoms with Gasteiger partial charge in [-0.3, -0.25) is 14.5 Å². The molecule has 1 saturated carbocycles. The number of aromatic nitrogens is 2. The Labute approximate surface area is 179 Å². The monoisotopic (exact) mass is 429 g/mol. The highest BCUT2D eigenvalue weighted by Gasteiger charge is 2.33. The third-order valence-electron chi connectivity index (χ3n) is 6.65. The summed E-state index contributed by atoms with van der Waals surface area (Å²) in [5.41, 5.74) is 6.66. The standard InChI is InChI=1S/C21H27N5O3S/c22-16(27)9-12-1-6-15-18(12)19-20(24-11-25-21(19)30-15)29-14-4-2-13(3-5-14)26-8-7-23-17(28)10-26/h11-14H,1-10H2,(H2,22,27)(H,23,28). The first-order valence-corrected chi connectivity index (χ1v) is 11.6. The lowest BCUT2D eigenvalue weighted by Gasteiger charge is -2.38. The summed E-state index contributed by atoms with van der Waals surface area (Å²) in [6, 6.07) is 0.451. The van der Waals surface area contributed by atoms with Crippen LogP contribution < -0.4 is 15.8 Å². The second-order valence-electron chi connectivity index (χ2n) is 8.57. The minimum atomic E-state index is -0.267. The van der Waals surface area contributed by atoms with Crippen LogP contribution in [0.3, 0.4) is 0 Å². The maximum atomic E-state index is 11.7. The lowest BCUT2D eigenvalue weighted by atomic mass is 9.91. The summed E-state index contributed by atoms with van der Waals surface area (Å²) in [5, 5.41) is 3.88. The normalized spacial score (nSPS) is 27.1. The maximum absolute atomic E-state index is 11.7. The van der Waals surface area contributed by atoms with E-state index in [4.69, 9.17) is 10.5 Å². The average Bonchev–Trinajstić information content (AvgIpc) is 3.28. The molecule has 160 valence electrons. The minimum Gasteiger partial charge on any atom is -0.474 e. The zero-order chi connectivity index (χ0) is 20.7. The second-order valence-corrected chi connectivity index (χ2v) is 9.66. The highest BCUT2D eigenvalue weighted by Crippen LogP contribution is 2.47. The van der Waals surface area contributed by atoms with Crippen molar-refractivity contribution < 1.29 is 14.3 Å².